The number of unbranched alkanes of at least 4 members (excludes halogenated alkanes) is 14. The Labute approximate surface area is 168 Å². The van der Waals surface area contributed by atoms with E-state index < -0.39 is 12.2 Å². The van der Waals surface area contributed by atoms with Gasteiger partial charge in [-0.25, -0.2) is 0 Å². The van der Waals surface area contributed by atoms with Crippen molar-refractivity contribution >= 4 is 5.97 Å². The van der Waals surface area contributed by atoms with E-state index in [2.05, 4.69) is 12.2 Å². The van der Waals surface area contributed by atoms with Gasteiger partial charge in [-0.05, 0) is 13.3 Å². The van der Waals surface area contributed by atoms with Crippen LogP contribution in [0.1, 0.15) is 117 Å². The molecule has 0 saturated carbocycles. The van der Waals surface area contributed by atoms with Crippen molar-refractivity contribution in [3.05, 3.63) is 0 Å². The van der Waals surface area contributed by atoms with Gasteiger partial charge >= 0.3 is 5.97 Å². The van der Waals surface area contributed by atoms with Crippen LogP contribution >= 0.6 is 0 Å². The number of hydrogen-bond acceptors (Lipinski definition) is 4. The second-order valence-electron chi connectivity index (χ2n) is 7.51. The molecule has 0 aliphatic carbocycles. The predicted molar refractivity (Wildman–Crippen MR) is 116 cm³/mol. The van der Waals surface area contributed by atoms with Crippen LogP contribution in [0, 0.1) is 0 Å². The van der Waals surface area contributed by atoms with Crippen LogP contribution < -0.4 is 11.1 Å². The van der Waals surface area contributed by atoms with Crippen molar-refractivity contribution in [1.82, 2.24) is 5.32 Å². The molecule has 27 heavy (non-hydrogen) atoms. The van der Waals surface area contributed by atoms with Crippen molar-refractivity contribution in [3.63, 3.8) is 0 Å². The zero-order valence-corrected chi connectivity index (χ0v) is 18.2. The first-order valence-electron chi connectivity index (χ1n) is 11.4. The lowest BCUT2D eigenvalue weighted by Crippen LogP contribution is -2.30. The molecule has 5 N–H and O–H groups in total. The van der Waals surface area contributed by atoms with Crippen molar-refractivity contribution in [2.24, 2.45) is 5.73 Å². The molecule has 5 heteroatoms. The van der Waals surface area contributed by atoms with Crippen LogP contribution in [0.2, 0.25) is 0 Å². The molecule has 0 spiro atoms. The molecule has 0 aliphatic heterocycles. The summed E-state index contributed by atoms with van der Waals surface area (Å²) < 4.78 is 0. The van der Waals surface area contributed by atoms with Gasteiger partial charge < -0.3 is 15.9 Å². The van der Waals surface area contributed by atoms with Crippen molar-refractivity contribution in [2.75, 3.05) is 13.1 Å². The lowest BCUT2D eigenvalue weighted by atomic mass is 10.0. The van der Waals surface area contributed by atoms with E-state index in [0.717, 1.165) is 12.8 Å². The minimum Gasteiger partial charge on any atom is -0.481 e. The third-order valence-corrected chi connectivity index (χ3v) is 4.58. The summed E-state index contributed by atoms with van der Waals surface area (Å²) in [5.41, 5.74) is 5.10. The van der Waals surface area contributed by atoms with Gasteiger partial charge in [-0.15, -0.1) is 0 Å². The van der Waals surface area contributed by atoms with Crippen LogP contribution in [-0.4, -0.2) is 35.5 Å². The van der Waals surface area contributed by atoms with E-state index >= 15 is 0 Å². The van der Waals surface area contributed by atoms with Gasteiger partial charge in [0.1, 0.15) is 6.23 Å². The Morgan fingerprint density at radius 2 is 1.19 bits per heavy atom. The maximum absolute atomic E-state index is 10.3. The van der Waals surface area contributed by atoms with E-state index in [1.165, 1.54) is 83.5 Å². The molecule has 0 aliphatic rings. The van der Waals surface area contributed by atoms with Crippen molar-refractivity contribution in [3.8, 4) is 0 Å². The first kappa shape index (κ1) is 28.6. The smallest absolute Gasteiger partial charge is 0.303 e. The van der Waals surface area contributed by atoms with Crippen LogP contribution in [0.4, 0.5) is 0 Å². The van der Waals surface area contributed by atoms with E-state index in [9.17, 15) is 4.79 Å². The van der Waals surface area contributed by atoms with Crippen LogP contribution in [0.5, 0.6) is 0 Å². The summed E-state index contributed by atoms with van der Waals surface area (Å²) in [6, 6.07) is 0. The van der Waals surface area contributed by atoms with Gasteiger partial charge in [0.05, 0.1) is 0 Å². The highest BCUT2D eigenvalue weighted by Crippen LogP contribution is 2.13. The van der Waals surface area contributed by atoms with Crippen LogP contribution in [0.15, 0.2) is 0 Å². The Balaban J connectivity index is 0. The summed E-state index contributed by atoms with van der Waals surface area (Å²) >= 11 is 0. The molecule has 0 aromatic heterocycles. The van der Waals surface area contributed by atoms with Crippen molar-refractivity contribution in [2.45, 2.75) is 123 Å². The average Bonchev–Trinajstić information content (AvgIpc) is 2.63. The fourth-order valence-electron chi connectivity index (χ4n) is 2.94. The summed E-state index contributed by atoms with van der Waals surface area (Å²) in [5, 5.41) is 19.8. The third kappa shape index (κ3) is 33.4. The SMILES string of the molecule is CC(O)NCCN.CCCCCCCCCCCCCCCCCC(=O)O. The maximum Gasteiger partial charge on any atom is 0.303 e. The molecule has 0 amide bonds. The second-order valence-corrected chi connectivity index (χ2v) is 7.51. The third-order valence-electron chi connectivity index (χ3n) is 4.58. The lowest BCUT2D eigenvalue weighted by molar-refractivity contribution is -0.137. The second kappa shape index (κ2) is 25.4. The summed E-state index contributed by atoms with van der Waals surface area (Å²) in [6.07, 6.45) is 19.8. The Bertz CT molecular complexity index is 287. The number of hydrogen-bond donors (Lipinski definition) is 4. The molecule has 0 heterocycles. The first-order chi connectivity index (χ1) is 13.0. The van der Waals surface area contributed by atoms with Gasteiger partial charge in [-0.1, -0.05) is 96.8 Å². The molecule has 164 valence electrons. The topological polar surface area (TPSA) is 95.6 Å². The Morgan fingerprint density at radius 1 is 0.815 bits per heavy atom. The fraction of sp³-hybridized carbons (Fsp3) is 0.955. The highest BCUT2D eigenvalue weighted by molar-refractivity contribution is 5.66. The molecule has 0 fully saturated rings. The molecular formula is C22H48N2O3. The van der Waals surface area contributed by atoms with E-state index in [1.807, 2.05) is 0 Å². The number of aliphatic hydroxyl groups excluding tert-OH is 1. The maximum atomic E-state index is 10.3. The Hall–Kier alpha value is -0.650. The molecule has 0 bridgehead atoms. The highest BCUT2D eigenvalue weighted by Gasteiger charge is 1.97. The largest absolute Gasteiger partial charge is 0.481 e. The zero-order chi connectivity index (χ0) is 20.6. The Morgan fingerprint density at radius 3 is 1.44 bits per heavy atom. The van der Waals surface area contributed by atoms with Gasteiger partial charge in [0.15, 0.2) is 0 Å². The first-order valence-corrected chi connectivity index (χ1v) is 11.4. The molecule has 0 aromatic carbocycles. The molecule has 0 rings (SSSR count). The van der Waals surface area contributed by atoms with E-state index in [0.29, 0.717) is 19.5 Å². The van der Waals surface area contributed by atoms with Gasteiger partial charge in [-0.3, -0.25) is 10.1 Å². The summed E-state index contributed by atoms with van der Waals surface area (Å²) in [7, 11) is 0. The fourth-order valence-corrected chi connectivity index (χ4v) is 2.94. The van der Waals surface area contributed by atoms with Crippen molar-refractivity contribution in [1.29, 1.82) is 0 Å². The van der Waals surface area contributed by atoms with Gasteiger partial charge in [0, 0.05) is 19.5 Å². The van der Waals surface area contributed by atoms with E-state index in [4.69, 9.17) is 15.9 Å². The minimum atomic E-state index is -0.653. The Kier molecular flexibility index (Phi) is 26.8. The number of carboxylic acids is 1. The number of aliphatic hydroxyl groups is 1. The molecular weight excluding hydrogens is 340 g/mol. The highest BCUT2D eigenvalue weighted by atomic mass is 16.4. The van der Waals surface area contributed by atoms with E-state index in [-0.39, 0.29) is 0 Å². The average molecular weight is 389 g/mol. The van der Waals surface area contributed by atoms with Gasteiger partial charge in [0.2, 0.25) is 0 Å². The number of nitrogens with two attached hydrogens (primary N) is 1. The van der Waals surface area contributed by atoms with E-state index in [1.54, 1.807) is 6.92 Å². The number of aliphatic carboxylic acids is 1. The summed E-state index contributed by atoms with van der Waals surface area (Å²) in [4.78, 5) is 10.3. The minimum absolute atomic E-state index is 0.345. The van der Waals surface area contributed by atoms with Gasteiger partial charge in [-0.2, -0.15) is 0 Å². The lowest BCUT2D eigenvalue weighted by Gasteiger charge is -2.03. The number of carboxylic acid groups (broad SMARTS) is 1. The predicted octanol–water partition coefficient (Wildman–Crippen LogP) is 5.21. The van der Waals surface area contributed by atoms with Crippen molar-refractivity contribution < 1.29 is 15.0 Å². The van der Waals surface area contributed by atoms with Gasteiger partial charge in [0.25, 0.3) is 0 Å². The monoisotopic (exact) mass is 388 g/mol. The number of carbonyl (C=O) groups is 1. The van der Waals surface area contributed by atoms with Crippen LogP contribution in [0.25, 0.3) is 0 Å². The standard InChI is InChI=1S/C18H36O2.C4H12N2O/c1-2-3-4-5-6-7-8-9-10-11-12-13-14-15-16-17-18(19)20;1-4(7)6-3-2-5/h2-17H2,1H3,(H,19,20);4,6-7H,2-3,5H2,1H3. The molecule has 0 radical (unpaired) electrons. The molecule has 1 unspecified atom stereocenters. The van der Waals surface area contributed by atoms with Crippen LogP contribution in [0.3, 0.4) is 0 Å². The number of rotatable bonds is 19. The molecule has 1 atom stereocenters. The zero-order valence-electron chi connectivity index (χ0n) is 18.2. The normalized spacial score (nSPS) is 11.7. The summed E-state index contributed by atoms with van der Waals surface area (Å²) in [5.74, 6) is -0.653. The molecule has 0 aromatic rings. The summed E-state index contributed by atoms with van der Waals surface area (Å²) in [6.45, 7) is 5.18. The quantitative estimate of drug-likeness (QED) is 0.180. The molecule has 5 nitrogen and oxygen atoms in total. The number of nitrogens with one attached hydrogen (secondary N) is 1. The molecule has 0 saturated heterocycles. The van der Waals surface area contributed by atoms with Crippen LogP contribution in [-0.2, 0) is 4.79 Å².